The molecular weight excluding hydrogens is 326 g/mol. The van der Waals surface area contributed by atoms with Gasteiger partial charge in [0, 0.05) is 19.1 Å². The van der Waals surface area contributed by atoms with Crippen LogP contribution in [0.5, 0.6) is 5.75 Å². The molecule has 0 radical (unpaired) electrons. The van der Waals surface area contributed by atoms with Gasteiger partial charge in [0.1, 0.15) is 17.4 Å². The fraction of sp³-hybridized carbons (Fsp3) is 0.471. The molecule has 0 spiro atoms. The van der Waals surface area contributed by atoms with Crippen LogP contribution < -0.4 is 10.1 Å². The van der Waals surface area contributed by atoms with Crippen molar-refractivity contribution in [2.75, 3.05) is 25.6 Å². The standard InChI is InChI=1S/C17H23N3O3S/c1-3-4-5-9-15-19-20-17(24-15)18-16(21)13-7-6-8-14(12-13)23-11-10-22-2/h6-8,12H,3-5,9-11H2,1-2H3,(H,18,20,21). The first-order chi connectivity index (χ1) is 11.7. The number of rotatable bonds is 10. The van der Waals surface area contributed by atoms with Gasteiger partial charge in [-0.3, -0.25) is 10.1 Å². The number of nitrogens with one attached hydrogen (secondary N) is 1. The molecule has 130 valence electrons. The van der Waals surface area contributed by atoms with Gasteiger partial charge in [0.25, 0.3) is 5.91 Å². The topological polar surface area (TPSA) is 73.3 Å². The summed E-state index contributed by atoms with van der Waals surface area (Å²) in [5, 5.41) is 12.4. The van der Waals surface area contributed by atoms with Crippen LogP contribution in [0.15, 0.2) is 24.3 Å². The minimum Gasteiger partial charge on any atom is -0.491 e. The zero-order chi connectivity index (χ0) is 17.2. The molecule has 0 saturated heterocycles. The van der Waals surface area contributed by atoms with Gasteiger partial charge in [-0.2, -0.15) is 0 Å². The van der Waals surface area contributed by atoms with Crippen molar-refractivity contribution in [1.82, 2.24) is 10.2 Å². The van der Waals surface area contributed by atoms with E-state index in [1.807, 2.05) is 6.07 Å². The number of benzene rings is 1. The van der Waals surface area contributed by atoms with Crippen molar-refractivity contribution >= 4 is 22.4 Å². The van der Waals surface area contributed by atoms with Crippen LogP contribution in [0.1, 0.15) is 41.6 Å². The van der Waals surface area contributed by atoms with E-state index < -0.39 is 0 Å². The summed E-state index contributed by atoms with van der Waals surface area (Å²) in [5.74, 6) is 0.417. The van der Waals surface area contributed by atoms with Crippen molar-refractivity contribution < 1.29 is 14.3 Å². The van der Waals surface area contributed by atoms with Gasteiger partial charge in [0.05, 0.1) is 6.61 Å². The Labute approximate surface area is 146 Å². The van der Waals surface area contributed by atoms with E-state index in [1.165, 1.54) is 24.2 Å². The van der Waals surface area contributed by atoms with E-state index in [2.05, 4.69) is 22.4 Å². The highest BCUT2D eigenvalue weighted by Gasteiger charge is 2.11. The van der Waals surface area contributed by atoms with Crippen LogP contribution in [0, 0.1) is 0 Å². The zero-order valence-electron chi connectivity index (χ0n) is 14.1. The van der Waals surface area contributed by atoms with Crippen LogP contribution >= 0.6 is 11.3 Å². The first kappa shape index (κ1) is 18.4. The lowest BCUT2D eigenvalue weighted by molar-refractivity contribution is 0.102. The van der Waals surface area contributed by atoms with Gasteiger partial charge in [-0.15, -0.1) is 10.2 Å². The average molecular weight is 349 g/mol. The molecule has 0 aliphatic carbocycles. The molecule has 2 rings (SSSR count). The number of ether oxygens (including phenoxy) is 2. The number of unbranched alkanes of at least 4 members (excludes halogenated alkanes) is 2. The molecule has 0 aliphatic rings. The van der Waals surface area contributed by atoms with Crippen molar-refractivity contribution in [2.45, 2.75) is 32.6 Å². The smallest absolute Gasteiger partial charge is 0.257 e. The summed E-state index contributed by atoms with van der Waals surface area (Å²) in [5.41, 5.74) is 0.521. The number of carbonyl (C=O) groups excluding carboxylic acids is 1. The quantitative estimate of drug-likeness (QED) is 0.664. The Morgan fingerprint density at radius 1 is 1.25 bits per heavy atom. The molecule has 0 fully saturated rings. The second-order valence-electron chi connectivity index (χ2n) is 5.28. The molecule has 24 heavy (non-hydrogen) atoms. The third-order valence-corrected chi connectivity index (χ3v) is 4.23. The van der Waals surface area contributed by atoms with E-state index in [1.54, 1.807) is 25.3 Å². The van der Waals surface area contributed by atoms with Crippen LogP contribution in [-0.4, -0.2) is 36.4 Å². The van der Waals surface area contributed by atoms with Crippen LogP contribution in [-0.2, 0) is 11.2 Å². The van der Waals surface area contributed by atoms with Gasteiger partial charge in [-0.25, -0.2) is 0 Å². The first-order valence-electron chi connectivity index (χ1n) is 8.08. The third kappa shape index (κ3) is 5.90. The fourth-order valence-corrected chi connectivity index (χ4v) is 2.85. The molecule has 0 atom stereocenters. The summed E-state index contributed by atoms with van der Waals surface area (Å²) in [6.45, 7) is 3.11. The SMILES string of the molecule is CCCCCc1nnc(NC(=O)c2cccc(OCCOC)c2)s1. The predicted octanol–water partition coefficient (Wildman–Crippen LogP) is 3.55. The highest BCUT2D eigenvalue weighted by molar-refractivity contribution is 7.15. The van der Waals surface area contributed by atoms with E-state index in [-0.39, 0.29) is 5.91 Å². The number of aromatic nitrogens is 2. The molecule has 1 heterocycles. The Hall–Kier alpha value is -1.99. The lowest BCUT2D eigenvalue weighted by Gasteiger charge is -2.07. The number of hydrogen-bond donors (Lipinski definition) is 1. The summed E-state index contributed by atoms with van der Waals surface area (Å²) in [4.78, 5) is 12.3. The molecule has 7 heteroatoms. The van der Waals surface area contributed by atoms with Crippen molar-refractivity contribution in [1.29, 1.82) is 0 Å². The maximum Gasteiger partial charge on any atom is 0.257 e. The minimum absolute atomic E-state index is 0.219. The zero-order valence-corrected chi connectivity index (χ0v) is 14.9. The second-order valence-corrected chi connectivity index (χ2v) is 6.34. The van der Waals surface area contributed by atoms with Gasteiger partial charge in [0.15, 0.2) is 0 Å². The highest BCUT2D eigenvalue weighted by Crippen LogP contribution is 2.19. The van der Waals surface area contributed by atoms with Crippen LogP contribution in [0.3, 0.4) is 0 Å². The Kier molecular flexibility index (Phi) is 7.64. The number of methoxy groups -OCH3 is 1. The molecule has 0 unspecified atom stereocenters. The summed E-state index contributed by atoms with van der Waals surface area (Å²) in [6.07, 6.45) is 4.35. The van der Waals surface area contributed by atoms with E-state index in [0.717, 1.165) is 17.8 Å². The van der Waals surface area contributed by atoms with Crippen LogP contribution in [0.4, 0.5) is 5.13 Å². The molecule has 0 saturated carbocycles. The number of nitrogens with zero attached hydrogens (tertiary/aromatic N) is 2. The predicted molar refractivity (Wildman–Crippen MR) is 94.9 cm³/mol. The monoisotopic (exact) mass is 349 g/mol. The Morgan fingerprint density at radius 3 is 2.92 bits per heavy atom. The van der Waals surface area contributed by atoms with Gasteiger partial charge >= 0.3 is 0 Å². The number of amides is 1. The Morgan fingerprint density at radius 2 is 2.12 bits per heavy atom. The van der Waals surface area contributed by atoms with E-state index in [0.29, 0.717) is 29.7 Å². The maximum atomic E-state index is 12.3. The van der Waals surface area contributed by atoms with Gasteiger partial charge in [-0.05, 0) is 24.6 Å². The van der Waals surface area contributed by atoms with Crippen LogP contribution in [0.25, 0.3) is 0 Å². The normalized spacial score (nSPS) is 10.6. The number of carbonyl (C=O) groups is 1. The summed E-state index contributed by atoms with van der Waals surface area (Å²) < 4.78 is 10.5. The number of aryl methyl sites for hydroxylation is 1. The summed E-state index contributed by atoms with van der Waals surface area (Å²) >= 11 is 1.43. The summed E-state index contributed by atoms with van der Waals surface area (Å²) in [7, 11) is 1.62. The van der Waals surface area contributed by atoms with Gasteiger partial charge in [0.2, 0.25) is 5.13 Å². The molecule has 2 aromatic rings. The second kappa shape index (κ2) is 10.00. The largest absolute Gasteiger partial charge is 0.491 e. The lowest BCUT2D eigenvalue weighted by Crippen LogP contribution is -2.12. The lowest BCUT2D eigenvalue weighted by atomic mass is 10.2. The maximum absolute atomic E-state index is 12.3. The van der Waals surface area contributed by atoms with Crippen molar-refractivity contribution in [2.24, 2.45) is 0 Å². The fourth-order valence-electron chi connectivity index (χ4n) is 2.07. The molecule has 1 aromatic carbocycles. The van der Waals surface area contributed by atoms with Crippen molar-refractivity contribution in [3.05, 3.63) is 34.8 Å². The molecule has 0 aliphatic heterocycles. The number of anilines is 1. The summed E-state index contributed by atoms with van der Waals surface area (Å²) in [6, 6.07) is 7.03. The molecule has 1 aromatic heterocycles. The average Bonchev–Trinajstić information content (AvgIpc) is 3.03. The third-order valence-electron chi connectivity index (χ3n) is 3.33. The first-order valence-corrected chi connectivity index (χ1v) is 8.90. The van der Waals surface area contributed by atoms with Gasteiger partial charge < -0.3 is 9.47 Å². The van der Waals surface area contributed by atoms with Crippen molar-refractivity contribution in [3.8, 4) is 5.75 Å². The highest BCUT2D eigenvalue weighted by atomic mass is 32.1. The van der Waals surface area contributed by atoms with Crippen LogP contribution in [0.2, 0.25) is 0 Å². The van der Waals surface area contributed by atoms with E-state index >= 15 is 0 Å². The van der Waals surface area contributed by atoms with E-state index in [9.17, 15) is 4.79 Å². The molecule has 6 nitrogen and oxygen atoms in total. The number of hydrogen-bond acceptors (Lipinski definition) is 6. The van der Waals surface area contributed by atoms with E-state index in [4.69, 9.17) is 9.47 Å². The Balaban J connectivity index is 1.91. The molecule has 1 amide bonds. The Bertz CT molecular complexity index is 646. The molecule has 0 bridgehead atoms. The molecular formula is C17H23N3O3S. The van der Waals surface area contributed by atoms with Gasteiger partial charge in [-0.1, -0.05) is 37.2 Å². The molecule has 1 N–H and O–H groups in total. The van der Waals surface area contributed by atoms with Crippen molar-refractivity contribution in [3.63, 3.8) is 0 Å². The minimum atomic E-state index is -0.219.